The van der Waals surface area contributed by atoms with Crippen molar-refractivity contribution in [1.29, 1.82) is 0 Å². The lowest BCUT2D eigenvalue weighted by Crippen LogP contribution is -2.45. The third kappa shape index (κ3) is 9.64. The Kier molecular flexibility index (Phi) is 12.6. The first-order valence-corrected chi connectivity index (χ1v) is 21.9. The fraction of sp³-hybridized carbons (Fsp3) is 0.475. The predicted molar refractivity (Wildman–Crippen MR) is 208 cm³/mol. The molecule has 1 saturated carbocycles. The molecule has 6 rings (SSSR count). The number of hydrogen-bond donors (Lipinski definition) is 2. The number of amides is 1. The maximum absolute atomic E-state index is 13.5. The number of fused-ring (bicyclic) bond motifs is 3. The van der Waals surface area contributed by atoms with E-state index >= 15 is 0 Å². The Labute approximate surface area is 319 Å². The Balaban J connectivity index is 1.28. The number of nitrogens with one attached hydrogen (secondary N) is 2. The smallest absolute Gasteiger partial charge is 0.264 e. The molecule has 10 nitrogen and oxygen atoms in total. The highest BCUT2D eigenvalue weighted by Gasteiger charge is 2.38. The number of ether oxygens (including phenoxy) is 2. The van der Waals surface area contributed by atoms with Gasteiger partial charge in [-0.3, -0.25) is 4.79 Å². The number of carbonyl (C=O) groups is 1. The molecule has 1 amide bonds. The minimum Gasteiger partial charge on any atom is -0.487 e. The molecule has 1 fully saturated rings. The number of aryl methyl sites for hydroxylation is 2. The molecule has 1 aliphatic carbocycles. The summed E-state index contributed by atoms with van der Waals surface area (Å²) in [6, 6.07) is 17.7. The van der Waals surface area contributed by atoms with Crippen molar-refractivity contribution in [2.24, 2.45) is 17.8 Å². The van der Waals surface area contributed by atoms with E-state index in [9.17, 15) is 21.6 Å². The highest BCUT2D eigenvalue weighted by atomic mass is 35.5. The van der Waals surface area contributed by atoms with E-state index in [-0.39, 0.29) is 47.5 Å². The standard InChI is InChI=1S/C40H50ClN3O7S2/c1-27-10-16-35(17-11-27)53(48,49)42-20-22-50-38-9-6-7-28(2)29(3)52(46,47)43-40(45)31-14-19-39-37(24-31)44(25-32-13-18-36(32)38)21-5-4-8-30-23-34(41)15-12-33(30)26-51-39/h6,9-12,14-17,19,23-24,28-29,32,36,38,42H,4-5,7-8,13,18,20-22,25-26H2,1-3H3,(H,43,45)/b9-6+/t28-,29+,32-,36+,38-/m0/s1. The van der Waals surface area contributed by atoms with Crippen LogP contribution >= 0.6 is 11.6 Å². The molecule has 3 aromatic carbocycles. The maximum atomic E-state index is 13.5. The molecule has 0 spiro atoms. The number of anilines is 1. The molecule has 286 valence electrons. The van der Waals surface area contributed by atoms with Gasteiger partial charge in [-0.1, -0.05) is 54.4 Å². The van der Waals surface area contributed by atoms with Gasteiger partial charge in [0.05, 0.1) is 28.5 Å². The number of allylic oxidation sites excluding steroid dienone is 1. The molecule has 0 saturated heterocycles. The van der Waals surface area contributed by atoms with Crippen molar-refractivity contribution >= 4 is 43.2 Å². The van der Waals surface area contributed by atoms with E-state index in [1.165, 1.54) is 0 Å². The molecule has 3 aliphatic rings. The Hall–Kier alpha value is -3.42. The zero-order valence-corrected chi connectivity index (χ0v) is 33.0. The number of benzene rings is 3. The highest BCUT2D eigenvalue weighted by molar-refractivity contribution is 7.90. The van der Waals surface area contributed by atoms with Crippen LogP contribution in [0.4, 0.5) is 5.69 Å². The van der Waals surface area contributed by atoms with Crippen molar-refractivity contribution in [3.63, 3.8) is 0 Å². The summed E-state index contributed by atoms with van der Waals surface area (Å²) in [5, 5.41) is -0.158. The first-order chi connectivity index (χ1) is 25.3. The predicted octanol–water partition coefficient (Wildman–Crippen LogP) is 6.80. The summed E-state index contributed by atoms with van der Waals surface area (Å²) in [6.07, 6.45) is 8.72. The quantitative estimate of drug-likeness (QED) is 0.206. The van der Waals surface area contributed by atoms with E-state index in [0.29, 0.717) is 36.9 Å². The monoisotopic (exact) mass is 783 g/mol. The topological polar surface area (TPSA) is 131 Å². The fourth-order valence-corrected chi connectivity index (χ4v) is 9.81. The number of rotatable bonds is 6. The van der Waals surface area contributed by atoms with Gasteiger partial charge in [0.1, 0.15) is 12.4 Å². The Morgan fingerprint density at radius 3 is 2.57 bits per heavy atom. The highest BCUT2D eigenvalue weighted by Crippen LogP contribution is 2.42. The van der Waals surface area contributed by atoms with Crippen molar-refractivity contribution in [2.75, 3.05) is 31.1 Å². The van der Waals surface area contributed by atoms with Gasteiger partial charge in [-0.25, -0.2) is 26.3 Å². The van der Waals surface area contributed by atoms with Crippen LogP contribution in [0.15, 0.2) is 77.7 Å². The molecule has 2 N–H and O–H groups in total. The molecule has 53 heavy (non-hydrogen) atoms. The molecular formula is C40H50ClN3O7S2. The van der Waals surface area contributed by atoms with Crippen LogP contribution in [0, 0.1) is 24.7 Å². The first-order valence-electron chi connectivity index (χ1n) is 18.5. The van der Waals surface area contributed by atoms with Crippen molar-refractivity contribution in [3.8, 4) is 5.75 Å². The van der Waals surface area contributed by atoms with Crippen LogP contribution in [-0.2, 0) is 37.8 Å². The normalized spacial score (nSPS) is 25.7. The van der Waals surface area contributed by atoms with E-state index in [1.807, 2.05) is 44.2 Å². The van der Waals surface area contributed by atoms with Crippen molar-refractivity contribution in [2.45, 2.75) is 82.2 Å². The van der Waals surface area contributed by atoms with Crippen LogP contribution in [0.3, 0.4) is 0 Å². The average Bonchev–Trinajstić information content (AvgIpc) is 3.14. The number of carbonyl (C=O) groups excluding carboxylic acids is 1. The number of hydrogen-bond acceptors (Lipinski definition) is 8. The molecule has 0 radical (unpaired) electrons. The van der Waals surface area contributed by atoms with E-state index in [4.69, 9.17) is 21.1 Å². The lowest BCUT2D eigenvalue weighted by molar-refractivity contribution is -0.0114. The number of sulfonamides is 2. The third-order valence-corrected chi connectivity index (χ3v) is 14.6. The zero-order chi connectivity index (χ0) is 37.8. The summed E-state index contributed by atoms with van der Waals surface area (Å²) >= 11 is 6.36. The average molecular weight is 784 g/mol. The van der Waals surface area contributed by atoms with Crippen LogP contribution in [0.2, 0.25) is 5.02 Å². The van der Waals surface area contributed by atoms with Crippen molar-refractivity contribution in [3.05, 3.63) is 100 Å². The van der Waals surface area contributed by atoms with Gasteiger partial charge in [-0.15, -0.1) is 0 Å². The van der Waals surface area contributed by atoms with E-state index in [1.54, 1.807) is 49.4 Å². The van der Waals surface area contributed by atoms with E-state index < -0.39 is 31.2 Å². The van der Waals surface area contributed by atoms with Gasteiger partial charge >= 0.3 is 0 Å². The van der Waals surface area contributed by atoms with E-state index in [0.717, 1.165) is 54.5 Å². The van der Waals surface area contributed by atoms with Crippen LogP contribution in [-0.4, -0.2) is 60.3 Å². The van der Waals surface area contributed by atoms with Gasteiger partial charge in [-0.2, -0.15) is 0 Å². The number of halogens is 1. The second-order valence-electron chi connectivity index (χ2n) is 14.7. The summed E-state index contributed by atoms with van der Waals surface area (Å²) in [4.78, 5) is 16.0. The zero-order valence-electron chi connectivity index (χ0n) is 30.6. The summed E-state index contributed by atoms with van der Waals surface area (Å²) in [6.45, 7) is 7.36. The van der Waals surface area contributed by atoms with Gasteiger partial charge in [0.25, 0.3) is 5.91 Å². The molecule has 0 aromatic heterocycles. The molecule has 3 aromatic rings. The maximum Gasteiger partial charge on any atom is 0.264 e. The minimum atomic E-state index is -4.00. The lowest BCUT2D eigenvalue weighted by atomic mass is 9.70. The summed E-state index contributed by atoms with van der Waals surface area (Å²) in [5.41, 5.74) is 4.16. The largest absolute Gasteiger partial charge is 0.487 e. The van der Waals surface area contributed by atoms with Gasteiger partial charge in [-0.05, 0) is 124 Å². The van der Waals surface area contributed by atoms with Crippen molar-refractivity contribution < 1.29 is 31.1 Å². The SMILES string of the molecule is Cc1ccc(S(=O)(=O)NCCO[C@H]2/C=C/C[C@H](C)[C@@H](C)S(=O)(=O)NC(=O)c3ccc4c(c3)N(CCCCc3cc(Cl)ccc3CO4)C[C@@H]3CC[C@H]32)cc1. The Morgan fingerprint density at radius 1 is 1.02 bits per heavy atom. The number of nitrogens with zero attached hydrogens (tertiary/aromatic N) is 1. The van der Waals surface area contributed by atoms with Gasteiger partial charge in [0.2, 0.25) is 20.0 Å². The Bertz CT molecular complexity index is 2020. The summed E-state index contributed by atoms with van der Waals surface area (Å²) in [7, 11) is -7.69. The molecule has 5 atom stereocenters. The van der Waals surface area contributed by atoms with Gasteiger partial charge in [0.15, 0.2) is 0 Å². The summed E-state index contributed by atoms with van der Waals surface area (Å²) < 4.78 is 70.6. The molecule has 2 aliphatic heterocycles. The summed E-state index contributed by atoms with van der Waals surface area (Å²) in [5.74, 6) is 0.0592. The first kappa shape index (κ1) is 39.3. The van der Waals surface area contributed by atoms with E-state index in [2.05, 4.69) is 14.3 Å². The van der Waals surface area contributed by atoms with Crippen LogP contribution in [0.5, 0.6) is 5.75 Å². The molecule has 13 heteroatoms. The second-order valence-corrected chi connectivity index (χ2v) is 18.9. The molecular weight excluding hydrogens is 734 g/mol. The fourth-order valence-electron chi connectivity index (χ4n) is 7.32. The molecule has 2 bridgehead atoms. The minimum absolute atomic E-state index is 0.108. The van der Waals surface area contributed by atoms with Crippen LogP contribution < -0.4 is 19.1 Å². The molecule has 0 unspecified atom stereocenters. The van der Waals surface area contributed by atoms with Crippen LogP contribution in [0.25, 0.3) is 0 Å². The van der Waals surface area contributed by atoms with Crippen molar-refractivity contribution in [1.82, 2.24) is 9.44 Å². The van der Waals surface area contributed by atoms with Crippen LogP contribution in [0.1, 0.15) is 73.0 Å². The molecule has 2 heterocycles. The Morgan fingerprint density at radius 2 is 1.81 bits per heavy atom. The lowest BCUT2D eigenvalue weighted by Gasteiger charge is -2.44. The van der Waals surface area contributed by atoms with Gasteiger partial charge < -0.3 is 14.4 Å². The van der Waals surface area contributed by atoms with Gasteiger partial charge in [0, 0.05) is 30.2 Å². The third-order valence-electron chi connectivity index (χ3n) is 11.0. The second kappa shape index (κ2) is 16.9.